The molecular weight excluding hydrogens is 182 g/mol. The van der Waals surface area contributed by atoms with Crippen molar-refractivity contribution in [2.45, 2.75) is 0 Å². The fourth-order valence-corrected chi connectivity index (χ4v) is 0.920. The highest BCUT2D eigenvalue weighted by Crippen LogP contribution is 2.03. The molecule has 1 rings (SSSR count). The molecule has 3 amide bonds. The number of anilines is 1. The largest absolute Gasteiger partial charge is 0.376 e. The zero-order valence-corrected chi connectivity index (χ0v) is 7.49. The Morgan fingerprint density at radius 1 is 1.21 bits per heavy atom. The molecule has 0 aliphatic heterocycles. The fraction of sp³-hybridized carbons (Fsp3) is 0.111. The lowest BCUT2D eigenvalue weighted by atomic mass is 10.3. The molecule has 0 saturated carbocycles. The Kier molecular flexibility index (Phi) is 3.49. The lowest BCUT2D eigenvalue weighted by Crippen LogP contribution is -2.38. The Morgan fingerprint density at radius 3 is 2.43 bits per heavy atom. The minimum Gasteiger partial charge on any atom is -0.376 e. The molecule has 0 saturated heterocycles. The molecule has 0 spiro atoms. The molecule has 4 N–H and O–H groups in total. The minimum atomic E-state index is -0.843. The second kappa shape index (κ2) is 4.86. The monoisotopic (exact) mass is 193 g/mol. The summed E-state index contributed by atoms with van der Waals surface area (Å²) in [5, 5.41) is 4.78. The van der Waals surface area contributed by atoms with Crippen molar-refractivity contribution >= 4 is 17.6 Å². The third-order valence-corrected chi connectivity index (χ3v) is 1.49. The van der Waals surface area contributed by atoms with Crippen molar-refractivity contribution < 1.29 is 9.59 Å². The second-order valence-corrected chi connectivity index (χ2v) is 2.63. The molecule has 0 atom stereocenters. The summed E-state index contributed by atoms with van der Waals surface area (Å²) in [6, 6.07) is 8.34. The number of benzene rings is 1. The van der Waals surface area contributed by atoms with Gasteiger partial charge in [-0.25, -0.2) is 4.79 Å². The van der Waals surface area contributed by atoms with Gasteiger partial charge in [-0.15, -0.1) is 0 Å². The third-order valence-electron chi connectivity index (χ3n) is 1.49. The summed E-state index contributed by atoms with van der Waals surface area (Å²) in [4.78, 5) is 21.2. The predicted octanol–water partition coefficient (Wildman–Crippen LogP) is 0.293. The zero-order chi connectivity index (χ0) is 10.4. The van der Waals surface area contributed by atoms with Crippen molar-refractivity contribution in [1.29, 1.82) is 0 Å². The van der Waals surface area contributed by atoms with E-state index in [0.29, 0.717) is 0 Å². The van der Waals surface area contributed by atoms with Crippen molar-refractivity contribution in [2.24, 2.45) is 5.73 Å². The standard InChI is InChI=1S/C9H11N3O2/c10-9(14)12-8(13)6-11-7-4-2-1-3-5-7/h1-5,11H,6H2,(H3,10,12,13,14). The van der Waals surface area contributed by atoms with Gasteiger partial charge in [0.2, 0.25) is 5.91 Å². The van der Waals surface area contributed by atoms with Crippen LogP contribution in [-0.4, -0.2) is 18.5 Å². The van der Waals surface area contributed by atoms with E-state index in [1.807, 2.05) is 35.6 Å². The number of urea groups is 1. The van der Waals surface area contributed by atoms with Gasteiger partial charge in [0.15, 0.2) is 0 Å². The molecule has 0 heterocycles. The van der Waals surface area contributed by atoms with Crippen LogP contribution in [0, 0.1) is 0 Å². The van der Waals surface area contributed by atoms with Crippen LogP contribution in [0.15, 0.2) is 30.3 Å². The highest BCUT2D eigenvalue weighted by Gasteiger charge is 2.02. The van der Waals surface area contributed by atoms with E-state index in [4.69, 9.17) is 5.73 Å². The van der Waals surface area contributed by atoms with Crippen LogP contribution < -0.4 is 16.4 Å². The first-order valence-corrected chi connectivity index (χ1v) is 4.06. The predicted molar refractivity (Wildman–Crippen MR) is 52.7 cm³/mol. The zero-order valence-electron chi connectivity index (χ0n) is 7.49. The first kappa shape index (κ1) is 10.0. The van der Waals surface area contributed by atoms with Gasteiger partial charge in [0.25, 0.3) is 0 Å². The van der Waals surface area contributed by atoms with E-state index in [-0.39, 0.29) is 6.54 Å². The quantitative estimate of drug-likeness (QED) is 0.645. The molecule has 0 aliphatic carbocycles. The maximum Gasteiger partial charge on any atom is 0.318 e. The third kappa shape index (κ3) is 3.57. The van der Waals surface area contributed by atoms with Crippen molar-refractivity contribution in [3.63, 3.8) is 0 Å². The number of carbonyl (C=O) groups is 2. The number of hydrogen-bond donors (Lipinski definition) is 3. The topological polar surface area (TPSA) is 84.2 Å². The Morgan fingerprint density at radius 2 is 1.86 bits per heavy atom. The Balaban J connectivity index is 2.34. The molecule has 0 radical (unpaired) electrons. The Bertz CT molecular complexity index is 324. The van der Waals surface area contributed by atoms with Crippen molar-refractivity contribution in [1.82, 2.24) is 5.32 Å². The van der Waals surface area contributed by atoms with E-state index < -0.39 is 11.9 Å². The maximum atomic E-state index is 11.0. The van der Waals surface area contributed by atoms with Crippen molar-refractivity contribution in [2.75, 3.05) is 11.9 Å². The summed E-state index contributed by atoms with van der Waals surface area (Å²) >= 11 is 0. The van der Waals surface area contributed by atoms with Crippen LogP contribution in [0.2, 0.25) is 0 Å². The lowest BCUT2D eigenvalue weighted by Gasteiger charge is -2.04. The van der Waals surface area contributed by atoms with Gasteiger partial charge in [-0.2, -0.15) is 0 Å². The number of primary amides is 1. The molecular formula is C9H11N3O2. The van der Waals surface area contributed by atoms with Crippen molar-refractivity contribution in [3.8, 4) is 0 Å². The van der Waals surface area contributed by atoms with E-state index in [1.54, 1.807) is 0 Å². The van der Waals surface area contributed by atoms with Crippen molar-refractivity contribution in [3.05, 3.63) is 30.3 Å². The summed E-state index contributed by atoms with van der Waals surface area (Å²) in [5.41, 5.74) is 5.58. The van der Waals surface area contributed by atoms with Crippen LogP contribution in [-0.2, 0) is 4.79 Å². The van der Waals surface area contributed by atoms with E-state index in [9.17, 15) is 9.59 Å². The van der Waals surface area contributed by atoms with Gasteiger partial charge in [0.05, 0.1) is 6.54 Å². The number of nitrogens with one attached hydrogen (secondary N) is 2. The molecule has 5 nitrogen and oxygen atoms in total. The molecule has 0 bridgehead atoms. The molecule has 5 heteroatoms. The second-order valence-electron chi connectivity index (χ2n) is 2.63. The normalized spacial score (nSPS) is 9.14. The molecule has 74 valence electrons. The smallest absolute Gasteiger partial charge is 0.318 e. The van der Waals surface area contributed by atoms with Gasteiger partial charge in [-0.05, 0) is 12.1 Å². The highest BCUT2D eigenvalue weighted by molar-refractivity contribution is 5.95. The number of hydrogen-bond acceptors (Lipinski definition) is 3. The van der Waals surface area contributed by atoms with Crippen LogP contribution in [0.3, 0.4) is 0 Å². The summed E-state index contributed by atoms with van der Waals surface area (Å²) < 4.78 is 0. The van der Waals surface area contributed by atoms with Crippen LogP contribution in [0.5, 0.6) is 0 Å². The molecule has 1 aromatic rings. The van der Waals surface area contributed by atoms with E-state index in [1.165, 1.54) is 0 Å². The average Bonchev–Trinajstić information content (AvgIpc) is 2.15. The SMILES string of the molecule is NC(=O)NC(=O)CNc1ccccc1. The summed E-state index contributed by atoms with van der Waals surface area (Å²) in [7, 11) is 0. The van der Waals surface area contributed by atoms with Gasteiger partial charge in [-0.1, -0.05) is 18.2 Å². The number of para-hydroxylation sites is 1. The Labute approximate surface area is 81.3 Å². The van der Waals surface area contributed by atoms with Crippen LogP contribution in [0.4, 0.5) is 10.5 Å². The molecule has 14 heavy (non-hydrogen) atoms. The van der Waals surface area contributed by atoms with E-state index in [2.05, 4.69) is 5.32 Å². The van der Waals surface area contributed by atoms with E-state index in [0.717, 1.165) is 5.69 Å². The average molecular weight is 193 g/mol. The highest BCUT2D eigenvalue weighted by atomic mass is 16.2. The summed E-state index contributed by atoms with van der Waals surface area (Å²) in [6.07, 6.45) is 0. The van der Waals surface area contributed by atoms with Crippen LogP contribution in [0.25, 0.3) is 0 Å². The molecule has 0 aliphatic rings. The van der Waals surface area contributed by atoms with Gasteiger partial charge < -0.3 is 11.1 Å². The first-order chi connectivity index (χ1) is 6.68. The Hall–Kier alpha value is -2.04. The maximum absolute atomic E-state index is 11.0. The number of imide groups is 1. The minimum absolute atomic E-state index is 0.0208. The summed E-state index contributed by atoms with van der Waals surface area (Å²) in [5.74, 6) is -0.457. The molecule has 0 aromatic heterocycles. The number of rotatable bonds is 3. The van der Waals surface area contributed by atoms with Gasteiger partial charge in [0, 0.05) is 5.69 Å². The van der Waals surface area contributed by atoms with Crippen LogP contribution >= 0.6 is 0 Å². The number of nitrogens with two attached hydrogens (primary N) is 1. The first-order valence-electron chi connectivity index (χ1n) is 4.06. The van der Waals surface area contributed by atoms with Crippen LogP contribution in [0.1, 0.15) is 0 Å². The van der Waals surface area contributed by atoms with Gasteiger partial charge >= 0.3 is 6.03 Å². The molecule has 1 aromatic carbocycles. The van der Waals surface area contributed by atoms with E-state index >= 15 is 0 Å². The summed E-state index contributed by atoms with van der Waals surface area (Å²) in [6.45, 7) is 0.0208. The number of amides is 3. The number of carbonyl (C=O) groups excluding carboxylic acids is 2. The van der Waals surface area contributed by atoms with Gasteiger partial charge in [-0.3, -0.25) is 10.1 Å². The molecule has 0 fully saturated rings. The lowest BCUT2D eigenvalue weighted by molar-refractivity contribution is -0.118. The fourth-order valence-electron chi connectivity index (χ4n) is 0.920. The molecule has 0 unspecified atom stereocenters. The van der Waals surface area contributed by atoms with Gasteiger partial charge in [0.1, 0.15) is 0 Å².